The highest BCUT2D eigenvalue weighted by Crippen LogP contribution is 2.68. The number of aromatic amines is 1. The van der Waals surface area contributed by atoms with Gasteiger partial charge in [-0.05, 0) is 44.7 Å². The summed E-state index contributed by atoms with van der Waals surface area (Å²) in [6.45, 7) is 6.10. The van der Waals surface area contributed by atoms with Gasteiger partial charge in [-0.3, -0.25) is 9.59 Å². The average Bonchev–Trinajstić information content (AvgIpc) is 3.01. The fourth-order valence-electron chi connectivity index (χ4n) is 3.69. The van der Waals surface area contributed by atoms with Gasteiger partial charge in [-0.1, -0.05) is 6.92 Å². The van der Waals surface area contributed by atoms with Crippen LogP contribution in [-0.4, -0.2) is 29.0 Å². The molecule has 1 aliphatic heterocycles. The minimum atomic E-state index is -0.259. The third kappa shape index (κ3) is 2.48. The maximum Gasteiger partial charge on any atom is 0.251 e. The summed E-state index contributed by atoms with van der Waals surface area (Å²) in [5.74, 6) is 0.656. The molecule has 6 nitrogen and oxygen atoms in total. The lowest BCUT2D eigenvalue weighted by Crippen LogP contribution is -2.38. The Morgan fingerprint density at radius 3 is 2.81 bits per heavy atom. The number of carbonyl (C=O) groups excluding carboxylic acids is 1. The second-order valence-corrected chi connectivity index (χ2v) is 6.54. The highest BCUT2D eigenvalue weighted by molar-refractivity contribution is 5.86. The van der Waals surface area contributed by atoms with Crippen LogP contribution in [0.3, 0.4) is 0 Å². The van der Waals surface area contributed by atoms with Crippen molar-refractivity contribution in [2.24, 2.45) is 10.8 Å². The zero-order chi connectivity index (χ0) is 15.1. The third-order valence-corrected chi connectivity index (χ3v) is 5.14. The van der Waals surface area contributed by atoms with Crippen molar-refractivity contribution < 1.29 is 4.79 Å². The molecule has 3 N–H and O–H groups in total. The van der Waals surface area contributed by atoms with Crippen LogP contribution in [-0.2, 0) is 11.3 Å². The van der Waals surface area contributed by atoms with E-state index in [1.165, 1.54) is 6.07 Å². The summed E-state index contributed by atoms with van der Waals surface area (Å²) in [4.78, 5) is 30.7. The van der Waals surface area contributed by atoms with E-state index in [1.54, 1.807) is 6.92 Å². The minimum Gasteiger partial charge on any atom is -0.350 e. The van der Waals surface area contributed by atoms with Gasteiger partial charge in [0.2, 0.25) is 5.91 Å². The van der Waals surface area contributed by atoms with Gasteiger partial charge >= 0.3 is 0 Å². The molecule has 2 heterocycles. The van der Waals surface area contributed by atoms with Crippen LogP contribution in [0.4, 0.5) is 0 Å². The molecule has 0 aromatic carbocycles. The van der Waals surface area contributed by atoms with Gasteiger partial charge in [0.25, 0.3) is 5.56 Å². The van der Waals surface area contributed by atoms with Crippen LogP contribution >= 0.6 is 0 Å². The number of piperidine rings is 1. The lowest BCUT2D eigenvalue weighted by molar-refractivity contribution is -0.127. The zero-order valence-corrected chi connectivity index (χ0v) is 12.6. The number of nitrogens with one attached hydrogen (secondary N) is 3. The van der Waals surface area contributed by atoms with Crippen LogP contribution in [0.2, 0.25) is 0 Å². The molecular weight excluding hydrogens is 268 g/mol. The van der Waals surface area contributed by atoms with Crippen LogP contribution < -0.4 is 16.2 Å². The van der Waals surface area contributed by atoms with Crippen molar-refractivity contribution in [2.45, 2.75) is 39.7 Å². The Bertz CT molecular complexity index is 618. The molecule has 1 aromatic heterocycles. The third-order valence-electron chi connectivity index (χ3n) is 5.14. The Labute approximate surface area is 123 Å². The number of carbonyl (C=O) groups is 1. The molecule has 1 amide bonds. The predicted octanol–water partition coefficient (Wildman–Crippen LogP) is 0.474. The van der Waals surface area contributed by atoms with Crippen molar-refractivity contribution in [3.8, 4) is 0 Å². The van der Waals surface area contributed by atoms with Crippen molar-refractivity contribution in [2.75, 3.05) is 13.1 Å². The predicted molar refractivity (Wildman–Crippen MR) is 78.7 cm³/mol. The van der Waals surface area contributed by atoms with Gasteiger partial charge in [-0.15, -0.1) is 0 Å². The molecule has 1 aliphatic carbocycles. The van der Waals surface area contributed by atoms with E-state index in [0.29, 0.717) is 18.1 Å². The maximum atomic E-state index is 12.5. The first kappa shape index (κ1) is 14.3. The van der Waals surface area contributed by atoms with E-state index in [1.807, 2.05) is 0 Å². The Hall–Kier alpha value is -1.69. The molecule has 1 saturated carbocycles. The molecule has 1 atom stereocenters. The highest BCUT2D eigenvalue weighted by atomic mass is 16.2. The van der Waals surface area contributed by atoms with Gasteiger partial charge in [0.05, 0.1) is 17.7 Å². The van der Waals surface area contributed by atoms with E-state index in [0.717, 1.165) is 32.4 Å². The maximum absolute atomic E-state index is 12.5. The van der Waals surface area contributed by atoms with Crippen LogP contribution in [0, 0.1) is 17.8 Å². The molecule has 6 heteroatoms. The van der Waals surface area contributed by atoms with Crippen LogP contribution in [0.1, 0.15) is 37.7 Å². The van der Waals surface area contributed by atoms with Gasteiger partial charge in [-0.25, -0.2) is 4.98 Å². The monoisotopic (exact) mass is 290 g/mol. The first-order valence-corrected chi connectivity index (χ1v) is 7.51. The molecule has 21 heavy (non-hydrogen) atoms. The number of rotatable bonds is 3. The normalized spacial score (nSPS) is 26.6. The SMILES string of the molecule is Cc1nc(CNC(=O)C2(C)CC23CCNCC3)cc(=O)[nH]1. The molecule has 2 aliphatic rings. The van der Waals surface area contributed by atoms with E-state index >= 15 is 0 Å². The standard InChI is InChI=1S/C15H22N4O2/c1-10-18-11(7-12(20)19-10)8-17-13(21)14(2)9-15(14)3-5-16-6-4-15/h7,16H,3-6,8-9H2,1-2H3,(H,17,21)(H,18,19,20). The minimum absolute atomic E-state index is 0.0872. The molecule has 1 unspecified atom stereocenters. The van der Waals surface area contributed by atoms with E-state index in [2.05, 4.69) is 27.5 Å². The fourth-order valence-corrected chi connectivity index (χ4v) is 3.69. The molecule has 0 bridgehead atoms. The molecule has 1 saturated heterocycles. The Balaban J connectivity index is 1.63. The molecular formula is C15H22N4O2. The second kappa shape index (κ2) is 4.94. The molecule has 1 aromatic rings. The largest absolute Gasteiger partial charge is 0.350 e. The van der Waals surface area contributed by atoms with Crippen molar-refractivity contribution >= 4 is 5.91 Å². The second-order valence-electron chi connectivity index (χ2n) is 6.54. The molecule has 114 valence electrons. The average molecular weight is 290 g/mol. The summed E-state index contributed by atoms with van der Waals surface area (Å²) in [5, 5.41) is 6.30. The summed E-state index contributed by atoms with van der Waals surface area (Å²) >= 11 is 0. The van der Waals surface area contributed by atoms with Crippen LogP contribution in [0.25, 0.3) is 0 Å². The molecule has 2 fully saturated rings. The molecule has 1 spiro atoms. The van der Waals surface area contributed by atoms with Crippen molar-refractivity contribution in [3.63, 3.8) is 0 Å². The molecule has 3 rings (SSSR count). The number of hydrogen-bond acceptors (Lipinski definition) is 4. The number of nitrogens with zero attached hydrogens (tertiary/aromatic N) is 1. The zero-order valence-electron chi connectivity index (χ0n) is 12.6. The number of aryl methyl sites for hydroxylation is 1. The van der Waals surface area contributed by atoms with Crippen LogP contribution in [0.15, 0.2) is 10.9 Å². The topological polar surface area (TPSA) is 86.9 Å². The Kier molecular flexibility index (Phi) is 3.36. The van der Waals surface area contributed by atoms with Gasteiger partial charge in [0.1, 0.15) is 5.82 Å². The quantitative estimate of drug-likeness (QED) is 0.755. The summed E-state index contributed by atoms with van der Waals surface area (Å²) in [5.41, 5.74) is 0.345. The van der Waals surface area contributed by atoms with E-state index < -0.39 is 0 Å². The summed E-state index contributed by atoms with van der Waals surface area (Å²) < 4.78 is 0. The van der Waals surface area contributed by atoms with Gasteiger partial charge in [0, 0.05) is 6.07 Å². The first-order chi connectivity index (χ1) is 9.95. The number of aromatic nitrogens is 2. The van der Waals surface area contributed by atoms with Gasteiger partial charge < -0.3 is 15.6 Å². The Morgan fingerprint density at radius 2 is 2.14 bits per heavy atom. The van der Waals surface area contributed by atoms with Gasteiger partial charge in [-0.2, -0.15) is 0 Å². The van der Waals surface area contributed by atoms with Crippen LogP contribution in [0.5, 0.6) is 0 Å². The fraction of sp³-hybridized carbons (Fsp3) is 0.667. The summed E-state index contributed by atoms with van der Waals surface area (Å²) in [6.07, 6.45) is 3.11. The number of amides is 1. The van der Waals surface area contributed by atoms with Gasteiger partial charge in [0.15, 0.2) is 0 Å². The van der Waals surface area contributed by atoms with Crippen molar-refractivity contribution in [1.82, 2.24) is 20.6 Å². The molecule has 0 radical (unpaired) electrons. The number of hydrogen-bond donors (Lipinski definition) is 3. The summed E-state index contributed by atoms with van der Waals surface area (Å²) in [7, 11) is 0. The first-order valence-electron chi connectivity index (χ1n) is 7.51. The van der Waals surface area contributed by atoms with Crippen molar-refractivity contribution in [3.05, 3.63) is 27.9 Å². The van der Waals surface area contributed by atoms with E-state index in [4.69, 9.17) is 0 Å². The van der Waals surface area contributed by atoms with E-state index in [9.17, 15) is 9.59 Å². The highest BCUT2D eigenvalue weighted by Gasteiger charge is 2.67. The Morgan fingerprint density at radius 1 is 1.43 bits per heavy atom. The lowest BCUT2D eigenvalue weighted by Gasteiger charge is -2.27. The number of H-pyrrole nitrogens is 1. The lowest BCUT2D eigenvalue weighted by atomic mass is 9.85. The van der Waals surface area contributed by atoms with Crippen molar-refractivity contribution in [1.29, 1.82) is 0 Å². The summed E-state index contributed by atoms with van der Waals surface area (Å²) in [6, 6.07) is 1.43. The smallest absolute Gasteiger partial charge is 0.251 e. The van der Waals surface area contributed by atoms with E-state index in [-0.39, 0.29) is 22.3 Å².